The van der Waals surface area contributed by atoms with Gasteiger partial charge in [-0.15, -0.1) is 10.2 Å². The predicted molar refractivity (Wildman–Crippen MR) is 90.3 cm³/mol. The van der Waals surface area contributed by atoms with Crippen LogP contribution in [-0.4, -0.2) is 42.0 Å². The van der Waals surface area contributed by atoms with Gasteiger partial charge in [0.1, 0.15) is 0 Å². The number of hydrogen-bond donors (Lipinski definition) is 3. The van der Waals surface area contributed by atoms with Crippen molar-refractivity contribution in [2.75, 3.05) is 12.4 Å². The number of hydrogen-bond acceptors (Lipinski definition) is 6. The number of tetrazole rings is 1. The molecule has 10 heteroatoms. The first kappa shape index (κ1) is 16.7. The minimum atomic E-state index is -3.61. The van der Waals surface area contributed by atoms with Gasteiger partial charge < -0.3 is 5.32 Å². The molecule has 3 aromatic rings. The third-order valence-corrected chi connectivity index (χ3v) is 4.83. The van der Waals surface area contributed by atoms with Gasteiger partial charge in [0, 0.05) is 16.8 Å². The maximum atomic E-state index is 12.3. The topological polar surface area (TPSA) is 130 Å². The Morgan fingerprint density at radius 2 is 1.88 bits per heavy atom. The fraction of sp³-hybridized carbons (Fsp3) is 0.0667. The van der Waals surface area contributed by atoms with Crippen molar-refractivity contribution in [3.63, 3.8) is 0 Å². The molecule has 0 saturated carbocycles. The summed E-state index contributed by atoms with van der Waals surface area (Å²) in [5, 5.41) is 16.3. The summed E-state index contributed by atoms with van der Waals surface area (Å²) in [6, 6.07) is 12.6. The summed E-state index contributed by atoms with van der Waals surface area (Å²) in [5.41, 5.74) is 1.53. The van der Waals surface area contributed by atoms with Crippen LogP contribution in [0.1, 0.15) is 10.4 Å². The maximum absolute atomic E-state index is 12.3. The van der Waals surface area contributed by atoms with E-state index in [1.54, 1.807) is 24.3 Å². The molecule has 3 rings (SSSR count). The van der Waals surface area contributed by atoms with Crippen LogP contribution in [0.3, 0.4) is 0 Å². The molecule has 0 atom stereocenters. The highest BCUT2D eigenvalue weighted by Gasteiger charge is 2.14. The third-order valence-electron chi connectivity index (χ3n) is 3.42. The number of carbonyl (C=O) groups is 1. The standard InChI is InChI=1S/C15H14N6O3S/c1-16-25(23,24)13-4-2-3-11(9-13)15(22)17-12-7-5-10(6-8-12)14-18-20-21-19-14/h2-9,16H,1H3,(H,17,22)(H,18,19,20,21). The molecule has 0 fully saturated rings. The normalized spacial score (nSPS) is 11.2. The molecule has 1 aromatic heterocycles. The van der Waals surface area contributed by atoms with Crippen molar-refractivity contribution < 1.29 is 13.2 Å². The van der Waals surface area contributed by atoms with Gasteiger partial charge in [0.25, 0.3) is 5.91 Å². The van der Waals surface area contributed by atoms with E-state index in [2.05, 4.69) is 30.7 Å². The Hall–Kier alpha value is -3.11. The zero-order chi connectivity index (χ0) is 17.9. The average Bonchev–Trinajstić information content (AvgIpc) is 3.17. The van der Waals surface area contributed by atoms with E-state index in [0.29, 0.717) is 11.5 Å². The van der Waals surface area contributed by atoms with E-state index in [1.807, 2.05) is 0 Å². The number of amides is 1. The van der Waals surface area contributed by atoms with Gasteiger partial charge in [0.05, 0.1) is 4.90 Å². The Labute approximate surface area is 143 Å². The molecule has 9 nitrogen and oxygen atoms in total. The summed E-state index contributed by atoms with van der Waals surface area (Å²) >= 11 is 0. The number of benzene rings is 2. The zero-order valence-electron chi connectivity index (χ0n) is 13.1. The SMILES string of the molecule is CNS(=O)(=O)c1cccc(C(=O)Nc2ccc(-c3nn[nH]n3)cc2)c1. The summed E-state index contributed by atoms with van der Waals surface area (Å²) in [4.78, 5) is 12.4. The minimum Gasteiger partial charge on any atom is -0.322 e. The lowest BCUT2D eigenvalue weighted by Crippen LogP contribution is -2.19. The van der Waals surface area contributed by atoms with Crippen molar-refractivity contribution in [1.82, 2.24) is 25.3 Å². The molecule has 2 aromatic carbocycles. The largest absolute Gasteiger partial charge is 0.322 e. The van der Waals surface area contributed by atoms with Crippen LogP contribution >= 0.6 is 0 Å². The number of anilines is 1. The summed E-state index contributed by atoms with van der Waals surface area (Å²) < 4.78 is 25.9. The number of nitrogens with one attached hydrogen (secondary N) is 3. The lowest BCUT2D eigenvalue weighted by atomic mass is 10.1. The van der Waals surface area contributed by atoms with Gasteiger partial charge in [-0.05, 0) is 54.7 Å². The highest BCUT2D eigenvalue weighted by atomic mass is 32.2. The van der Waals surface area contributed by atoms with Crippen molar-refractivity contribution in [2.45, 2.75) is 4.90 Å². The van der Waals surface area contributed by atoms with Crippen molar-refractivity contribution in [3.05, 3.63) is 54.1 Å². The number of rotatable bonds is 5. The Morgan fingerprint density at radius 1 is 1.12 bits per heavy atom. The minimum absolute atomic E-state index is 0.0232. The second kappa shape index (κ2) is 6.79. The van der Waals surface area contributed by atoms with E-state index in [-0.39, 0.29) is 10.5 Å². The fourth-order valence-electron chi connectivity index (χ4n) is 2.11. The lowest BCUT2D eigenvalue weighted by molar-refractivity contribution is 0.102. The second-order valence-corrected chi connectivity index (χ2v) is 6.89. The molecule has 0 bridgehead atoms. The van der Waals surface area contributed by atoms with Crippen LogP contribution in [0, 0.1) is 0 Å². The Balaban J connectivity index is 1.77. The Kier molecular flexibility index (Phi) is 4.55. The first-order chi connectivity index (χ1) is 12.0. The van der Waals surface area contributed by atoms with Crippen molar-refractivity contribution in [3.8, 4) is 11.4 Å². The molecule has 0 radical (unpaired) electrons. The van der Waals surface area contributed by atoms with Gasteiger partial charge in [-0.25, -0.2) is 13.1 Å². The second-order valence-electron chi connectivity index (χ2n) is 5.00. The first-order valence-corrected chi connectivity index (χ1v) is 8.67. The third kappa shape index (κ3) is 3.70. The molecular formula is C15H14N6O3S. The Morgan fingerprint density at radius 3 is 2.52 bits per heavy atom. The van der Waals surface area contributed by atoms with Crippen LogP contribution in [-0.2, 0) is 10.0 Å². The molecule has 1 amide bonds. The highest BCUT2D eigenvalue weighted by molar-refractivity contribution is 7.89. The van der Waals surface area contributed by atoms with Gasteiger partial charge in [0.15, 0.2) is 0 Å². The van der Waals surface area contributed by atoms with E-state index < -0.39 is 15.9 Å². The van der Waals surface area contributed by atoms with E-state index in [1.165, 1.54) is 31.3 Å². The number of H-pyrrole nitrogens is 1. The maximum Gasteiger partial charge on any atom is 0.255 e. The quantitative estimate of drug-likeness (QED) is 0.624. The fourth-order valence-corrected chi connectivity index (χ4v) is 2.89. The monoisotopic (exact) mass is 358 g/mol. The molecule has 0 unspecified atom stereocenters. The first-order valence-electron chi connectivity index (χ1n) is 7.18. The summed E-state index contributed by atoms with van der Waals surface area (Å²) in [7, 11) is -2.30. The molecule has 0 aliphatic heterocycles. The molecule has 0 aliphatic carbocycles. The zero-order valence-corrected chi connectivity index (χ0v) is 13.9. The molecule has 128 valence electrons. The van der Waals surface area contributed by atoms with Crippen LogP contribution in [0.15, 0.2) is 53.4 Å². The number of sulfonamides is 1. The van der Waals surface area contributed by atoms with Crippen molar-refractivity contribution in [2.24, 2.45) is 0 Å². The molecule has 1 heterocycles. The number of carbonyl (C=O) groups excluding carboxylic acids is 1. The summed E-state index contributed by atoms with van der Waals surface area (Å²) in [6.45, 7) is 0. The smallest absolute Gasteiger partial charge is 0.255 e. The summed E-state index contributed by atoms with van der Waals surface area (Å²) in [5.74, 6) is 0.0308. The average molecular weight is 358 g/mol. The van der Waals surface area contributed by atoms with Crippen LogP contribution in [0.5, 0.6) is 0 Å². The van der Waals surface area contributed by atoms with Gasteiger partial charge in [-0.2, -0.15) is 5.21 Å². The highest BCUT2D eigenvalue weighted by Crippen LogP contribution is 2.18. The lowest BCUT2D eigenvalue weighted by Gasteiger charge is -2.08. The molecule has 0 spiro atoms. The van der Waals surface area contributed by atoms with Crippen LogP contribution in [0.4, 0.5) is 5.69 Å². The molecular weight excluding hydrogens is 344 g/mol. The van der Waals surface area contributed by atoms with Gasteiger partial charge in [0.2, 0.25) is 15.8 Å². The van der Waals surface area contributed by atoms with E-state index >= 15 is 0 Å². The van der Waals surface area contributed by atoms with Crippen LogP contribution in [0.2, 0.25) is 0 Å². The molecule has 3 N–H and O–H groups in total. The number of nitrogens with zero attached hydrogens (tertiary/aromatic N) is 3. The summed E-state index contributed by atoms with van der Waals surface area (Å²) in [6.07, 6.45) is 0. The van der Waals surface area contributed by atoms with Gasteiger partial charge in [-0.1, -0.05) is 6.07 Å². The molecule has 0 saturated heterocycles. The van der Waals surface area contributed by atoms with Gasteiger partial charge in [-0.3, -0.25) is 4.79 Å². The van der Waals surface area contributed by atoms with Crippen molar-refractivity contribution in [1.29, 1.82) is 0 Å². The molecule has 0 aliphatic rings. The van der Waals surface area contributed by atoms with E-state index in [4.69, 9.17) is 0 Å². The van der Waals surface area contributed by atoms with Crippen molar-refractivity contribution >= 4 is 21.6 Å². The van der Waals surface area contributed by atoms with Gasteiger partial charge >= 0.3 is 0 Å². The molecule has 25 heavy (non-hydrogen) atoms. The van der Waals surface area contributed by atoms with Crippen LogP contribution < -0.4 is 10.0 Å². The van der Waals surface area contributed by atoms with E-state index in [9.17, 15) is 13.2 Å². The Bertz CT molecular complexity index is 984. The number of aromatic amines is 1. The van der Waals surface area contributed by atoms with E-state index in [0.717, 1.165) is 5.56 Å². The van der Waals surface area contributed by atoms with Crippen LogP contribution in [0.25, 0.3) is 11.4 Å². The number of aromatic nitrogens is 4. The predicted octanol–water partition coefficient (Wildman–Crippen LogP) is 1.03.